The Kier molecular flexibility index (Phi) is 6.13. The summed E-state index contributed by atoms with van der Waals surface area (Å²) in [4.78, 5) is 26.7. The summed E-state index contributed by atoms with van der Waals surface area (Å²) in [6.07, 6.45) is 5.62. The second kappa shape index (κ2) is 8.54. The Morgan fingerprint density at radius 3 is 2.63 bits per heavy atom. The fourth-order valence-electron chi connectivity index (χ4n) is 3.78. The summed E-state index contributed by atoms with van der Waals surface area (Å²) < 4.78 is 34.1. The van der Waals surface area contributed by atoms with E-state index in [1.165, 1.54) is 44.6 Å². The first kappa shape index (κ1) is 19.4. The van der Waals surface area contributed by atoms with Crippen molar-refractivity contribution in [3.8, 4) is 11.5 Å². The van der Waals surface area contributed by atoms with E-state index >= 15 is 0 Å². The van der Waals surface area contributed by atoms with Gasteiger partial charge in [-0.3, -0.25) is 9.59 Å². The zero-order valence-electron chi connectivity index (χ0n) is 15.2. The van der Waals surface area contributed by atoms with Crippen LogP contribution in [-0.2, 0) is 4.79 Å². The molecule has 148 valence electrons. The highest BCUT2D eigenvalue weighted by molar-refractivity contribution is 5.97. The first-order valence-corrected chi connectivity index (χ1v) is 9.20. The molecule has 27 heavy (non-hydrogen) atoms. The van der Waals surface area contributed by atoms with E-state index in [0.29, 0.717) is 12.0 Å². The number of alkyl halides is 2. The third kappa shape index (κ3) is 4.48. The number of halogens is 2. The molecule has 0 bridgehead atoms. The van der Waals surface area contributed by atoms with E-state index in [-0.39, 0.29) is 29.5 Å². The van der Waals surface area contributed by atoms with Gasteiger partial charge in [-0.05, 0) is 49.8 Å². The number of ether oxygens (including phenoxy) is 2. The molecule has 2 aliphatic rings. The van der Waals surface area contributed by atoms with Gasteiger partial charge in [-0.2, -0.15) is 8.78 Å². The second-order valence-corrected chi connectivity index (χ2v) is 6.91. The molecule has 3 rings (SSSR count). The summed E-state index contributed by atoms with van der Waals surface area (Å²) in [5.41, 5.74) is 0.207. The molecule has 2 fully saturated rings. The van der Waals surface area contributed by atoms with Gasteiger partial charge in [-0.1, -0.05) is 6.42 Å². The average Bonchev–Trinajstić information content (AvgIpc) is 3.06. The third-order valence-electron chi connectivity index (χ3n) is 5.36. The molecule has 1 aliphatic carbocycles. The highest BCUT2D eigenvalue weighted by Crippen LogP contribution is 2.37. The van der Waals surface area contributed by atoms with Crippen LogP contribution in [0.4, 0.5) is 8.78 Å². The van der Waals surface area contributed by atoms with E-state index in [9.17, 15) is 18.4 Å². The Hall–Kier alpha value is -2.38. The van der Waals surface area contributed by atoms with Gasteiger partial charge in [0.2, 0.25) is 5.91 Å². The minimum Gasteiger partial charge on any atom is -0.493 e. The van der Waals surface area contributed by atoms with Gasteiger partial charge in [0, 0.05) is 18.2 Å². The molecular formula is C19H24F2N2O4. The monoisotopic (exact) mass is 382 g/mol. The lowest BCUT2D eigenvalue weighted by Crippen LogP contribution is -2.46. The van der Waals surface area contributed by atoms with Crippen molar-refractivity contribution in [2.75, 3.05) is 20.2 Å². The fraction of sp³-hybridized carbons (Fsp3) is 0.579. The largest absolute Gasteiger partial charge is 0.493 e. The van der Waals surface area contributed by atoms with Crippen molar-refractivity contribution in [1.82, 2.24) is 10.2 Å². The van der Waals surface area contributed by atoms with Crippen LogP contribution in [0.25, 0.3) is 0 Å². The van der Waals surface area contributed by atoms with Gasteiger partial charge in [0.15, 0.2) is 11.5 Å². The van der Waals surface area contributed by atoms with Crippen molar-refractivity contribution in [2.45, 2.75) is 44.8 Å². The van der Waals surface area contributed by atoms with Crippen molar-refractivity contribution in [1.29, 1.82) is 0 Å². The Morgan fingerprint density at radius 2 is 2.00 bits per heavy atom. The van der Waals surface area contributed by atoms with Crippen LogP contribution in [0.5, 0.6) is 11.5 Å². The van der Waals surface area contributed by atoms with Crippen LogP contribution in [0.1, 0.15) is 42.5 Å². The van der Waals surface area contributed by atoms with Gasteiger partial charge in [0.05, 0.1) is 13.7 Å². The molecule has 0 aromatic heterocycles. The topological polar surface area (TPSA) is 67.9 Å². The first-order chi connectivity index (χ1) is 13.0. The normalized spacial score (nSPS) is 19.7. The van der Waals surface area contributed by atoms with E-state index in [1.807, 2.05) is 4.90 Å². The highest BCUT2D eigenvalue weighted by Gasteiger charge is 2.37. The standard InChI is InChI=1S/C19H24F2N2O4/c1-26-16-10-13(7-8-15(16)27-19(20)21)18(25)22-11-17(24)23-9-3-6-14(23)12-4-2-5-12/h7-8,10,12,14,19H,2-6,9,11H2,1H3,(H,22,25). The van der Waals surface area contributed by atoms with E-state index < -0.39 is 12.5 Å². The van der Waals surface area contributed by atoms with Gasteiger partial charge in [-0.25, -0.2) is 0 Å². The predicted octanol–water partition coefficient (Wildman–Crippen LogP) is 2.82. The van der Waals surface area contributed by atoms with Gasteiger partial charge in [0.1, 0.15) is 0 Å². The van der Waals surface area contributed by atoms with E-state index in [4.69, 9.17) is 4.74 Å². The number of hydrogen-bond acceptors (Lipinski definition) is 4. The number of benzene rings is 1. The predicted molar refractivity (Wildman–Crippen MR) is 94.0 cm³/mol. The first-order valence-electron chi connectivity index (χ1n) is 9.20. The lowest BCUT2D eigenvalue weighted by Gasteiger charge is -2.37. The number of hydrogen-bond donors (Lipinski definition) is 1. The maximum Gasteiger partial charge on any atom is 0.387 e. The Morgan fingerprint density at radius 1 is 1.22 bits per heavy atom. The number of carbonyl (C=O) groups excluding carboxylic acids is 2. The summed E-state index contributed by atoms with van der Waals surface area (Å²) in [5, 5.41) is 2.61. The Labute approximate surface area is 156 Å². The van der Waals surface area contributed by atoms with Crippen molar-refractivity contribution < 1.29 is 27.8 Å². The van der Waals surface area contributed by atoms with Crippen LogP contribution < -0.4 is 14.8 Å². The van der Waals surface area contributed by atoms with E-state index in [1.54, 1.807) is 0 Å². The molecule has 0 spiro atoms. The van der Waals surface area contributed by atoms with Crippen LogP contribution >= 0.6 is 0 Å². The maximum atomic E-state index is 12.5. The van der Waals surface area contributed by atoms with Gasteiger partial charge < -0.3 is 19.7 Å². The number of carbonyl (C=O) groups is 2. The molecule has 1 aromatic carbocycles. The lowest BCUT2D eigenvalue weighted by atomic mass is 9.79. The summed E-state index contributed by atoms with van der Waals surface area (Å²) in [7, 11) is 1.30. The van der Waals surface area contributed by atoms with Gasteiger partial charge in [-0.15, -0.1) is 0 Å². The minimum atomic E-state index is -2.99. The minimum absolute atomic E-state index is 0.0267. The van der Waals surface area contributed by atoms with Crippen LogP contribution in [-0.4, -0.2) is 49.6 Å². The SMILES string of the molecule is COc1cc(C(=O)NCC(=O)N2CCCC2C2CCC2)ccc1OC(F)F. The van der Waals surface area contributed by atoms with Crippen molar-refractivity contribution in [3.05, 3.63) is 23.8 Å². The maximum absolute atomic E-state index is 12.5. The van der Waals surface area contributed by atoms with E-state index in [0.717, 1.165) is 19.4 Å². The molecule has 1 saturated carbocycles. The molecule has 6 nitrogen and oxygen atoms in total. The van der Waals surface area contributed by atoms with Gasteiger partial charge in [0.25, 0.3) is 5.91 Å². The summed E-state index contributed by atoms with van der Waals surface area (Å²) in [6, 6.07) is 4.21. The molecule has 0 radical (unpaired) electrons. The molecule has 2 amide bonds. The number of nitrogens with one attached hydrogen (secondary N) is 1. The highest BCUT2D eigenvalue weighted by atomic mass is 19.3. The lowest BCUT2D eigenvalue weighted by molar-refractivity contribution is -0.132. The van der Waals surface area contributed by atoms with Crippen LogP contribution in [0.2, 0.25) is 0 Å². The average molecular weight is 382 g/mol. The van der Waals surface area contributed by atoms with Crippen LogP contribution in [0.3, 0.4) is 0 Å². The number of likely N-dealkylation sites (tertiary alicyclic amines) is 1. The number of rotatable bonds is 7. The number of nitrogens with zero attached hydrogens (tertiary/aromatic N) is 1. The number of methoxy groups -OCH3 is 1. The fourth-order valence-corrected chi connectivity index (χ4v) is 3.78. The molecule has 1 atom stereocenters. The Balaban J connectivity index is 1.57. The molecule has 1 saturated heterocycles. The molecule has 1 aliphatic heterocycles. The second-order valence-electron chi connectivity index (χ2n) is 6.91. The van der Waals surface area contributed by atoms with Crippen LogP contribution in [0, 0.1) is 5.92 Å². The quantitative estimate of drug-likeness (QED) is 0.788. The van der Waals surface area contributed by atoms with Gasteiger partial charge >= 0.3 is 6.61 Å². The van der Waals surface area contributed by atoms with Crippen molar-refractivity contribution in [2.24, 2.45) is 5.92 Å². The van der Waals surface area contributed by atoms with Crippen LogP contribution in [0.15, 0.2) is 18.2 Å². The third-order valence-corrected chi connectivity index (χ3v) is 5.36. The molecular weight excluding hydrogens is 358 g/mol. The summed E-state index contributed by atoms with van der Waals surface area (Å²) in [5.74, 6) is -0.0785. The Bertz CT molecular complexity index is 694. The van der Waals surface area contributed by atoms with Crippen molar-refractivity contribution >= 4 is 11.8 Å². The summed E-state index contributed by atoms with van der Waals surface area (Å²) >= 11 is 0. The smallest absolute Gasteiger partial charge is 0.387 e. The molecule has 1 N–H and O–H groups in total. The summed E-state index contributed by atoms with van der Waals surface area (Å²) in [6.45, 7) is -2.33. The zero-order valence-corrected chi connectivity index (χ0v) is 15.2. The molecule has 1 unspecified atom stereocenters. The van der Waals surface area contributed by atoms with Crippen molar-refractivity contribution in [3.63, 3.8) is 0 Å². The zero-order chi connectivity index (χ0) is 19.4. The number of amides is 2. The van der Waals surface area contributed by atoms with E-state index in [2.05, 4.69) is 10.1 Å². The molecule has 8 heteroatoms. The molecule has 1 heterocycles. The molecule has 1 aromatic rings.